The second kappa shape index (κ2) is 5.31. The molecule has 100 valence electrons. The second-order valence-corrected chi connectivity index (χ2v) is 4.52. The van der Waals surface area contributed by atoms with Gasteiger partial charge in [0, 0.05) is 6.08 Å². The van der Waals surface area contributed by atoms with Crippen LogP contribution in [-0.4, -0.2) is 12.3 Å². The van der Waals surface area contributed by atoms with Crippen LogP contribution in [0.4, 0.5) is 0 Å². The maximum atomic E-state index is 11.2. The monoisotopic (exact) mass is 266 g/mol. The second-order valence-electron chi connectivity index (χ2n) is 4.52. The molecule has 0 spiro atoms. The number of carbonyl (C=O) groups is 1. The molecule has 3 rings (SSSR count). The van der Waals surface area contributed by atoms with Crippen molar-refractivity contribution in [3.05, 3.63) is 72.8 Å². The Morgan fingerprint density at radius 3 is 2.55 bits per heavy atom. The highest BCUT2D eigenvalue weighted by Crippen LogP contribution is 2.43. The average molecular weight is 266 g/mol. The number of hydrogen-bond acceptors (Lipinski definition) is 3. The van der Waals surface area contributed by atoms with Crippen molar-refractivity contribution >= 4 is 5.97 Å². The number of benzene rings is 2. The van der Waals surface area contributed by atoms with Crippen molar-refractivity contribution in [2.45, 2.75) is 12.4 Å². The molecule has 1 aliphatic rings. The molecule has 2 aromatic rings. The van der Waals surface area contributed by atoms with Crippen LogP contribution in [0, 0.1) is 0 Å². The lowest BCUT2D eigenvalue weighted by atomic mass is 9.98. The topological polar surface area (TPSA) is 38.8 Å². The lowest BCUT2D eigenvalue weighted by Crippen LogP contribution is -2.04. The smallest absolute Gasteiger partial charge is 0.332 e. The zero-order valence-corrected chi connectivity index (χ0v) is 10.9. The molecule has 20 heavy (non-hydrogen) atoms. The maximum Gasteiger partial charge on any atom is 0.332 e. The molecule has 1 fully saturated rings. The van der Waals surface area contributed by atoms with E-state index in [9.17, 15) is 4.79 Å². The van der Waals surface area contributed by atoms with Crippen LogP contribution >= 0.6 is 0 Å². The number of rotatable bonds is 4. The molecule has 2 unspecified atom stereocenters. The summed E-state index contributed by atoms with van der Waals surface area (Å²) < 4.78 is 10.5. The summed E-state index contributed by atoms with van der Waals surface area (Å²) in [5.74, 6) is -0.463. The highest BCUT2D eigenvalue weighted by atomic mass is 16.8. The van der Waals surface area contributed by atoms with Crippen molar-refractivity contribution in [3.63, 3.8) is 0 Å². The van der Waals surface area contributed by atoms with E-state index in [4.69, 9.17) is 9.47 Å². The van der Waals surface area contributed by atoms with Crippen LogP contribution in [0.25, 0.3) is 11.1 Å². The Kier molecular flexibility index (Phi) is 3.35. The third kappa shape index (κ3) is 2.49. The lowest BCUT2D eigenvalue weighted by Gasteiger charge is -2.07. The fourth-order valence-electron chi connectivity index (χ4n) is 2.20. The van der Waals surface area contributed by atoms with Crippen LogP contribution in [-0.2, 0) is 14.3 Å². The molecule has 3 heteroatoms. The number of esters is 1. The van der Waals surface area contributed by atoms with Gasteiger partial charge in [0.2, 0.25) is 6.29 Å². The quantitative estimate of drug-likeness (QED) is 0.483. The summed E-state index contributed by atoms with van der Waals surface area (Å²) in [4.78, 5) is 11.2. The van der Waals surface area contributed by atoms with Crippen LogP contribution < -0.4 is 0 Å². The van der Waals surface area contributed by atoms with Crippen molar-refractivity contribution in [2.75, 3.05) is 0 Å². The van der Waals surface area contributed by atoms with Gasteiger partial charge in [0.15, 0.2) is 0 Å². The molecule has 0 aliphatic carbocycles. The zero-order valence-electron chi connectivity index (χ0n) is 10.9. The van der Waals surface area contributed by atoms with Gasteiger partial charge in [-0.3, -0.25) is 0 Å². The Hall–Kier alpha value is -2.39. The van der Waals surface area contributed by atoms with Crippen LogP contribution in [0.5, 0.6) is 0 Å². The van der Waals surface area contributed by atoms with Crippen molar-refractivity contribution in [1.82, 2.24) is 0 Å². The Morgan fingerprint density at radius 2 is 1.80 bits per heavy atom. The van der Waals surface area contributed by atoms with E-state index in [0.29, 0.717) is 0 Å². The minimum Gasteiger partial charge on any atom is -0.429 e. The molecular weight excluding hydrogens is 252 g/mol. The first-order chi connectivity index (χ1) is 9.79. The molecule has 0 N–H and O–H groups in total. The Morgan fingerprint density at radius 1 is 1.10 bits per heavy atom. The van der Waals surface area contributed by atoms with Gasteiger partial charge in [0.05, 0.1) is 0 Å². The van der Waals surface area contributed by atoms with E-state index in [2.05, 4.69) is 6.58 Å². The molecule has 0 radical (unpaired) electrons. The third-order valence-corrected chi connectivity index (χ3v) is 3.20. The van der Waals surface area contributed by atoms with Gasteiger partial charge in [-0.05, 0) is 16.7 Å². The first-order valence-corrected chi connectivity index (χ1v) is 6.42. The molecule has 0 aromatic heterocycles. The number of hydrogen-bond donors (Lipinski definition) is 0. The molecule has 0 amide bonds. The van der Waals surface area contributed by atoms with Crippen molar-refractivity contribution in [1.29, 1.82) is 0 Å². The molecule has 1 heterocycles. The summed E-state index contributed by atoms with van der Waals surface area (Å²) in [6.07, 6.45) is 0.433. The van der Waals surface area contributed by atoms with Gasteiger partial charge in [-0.15, -0.1) is 0 Å². The summed E-state index contributed by atoms with van der Waals surface area (Å²) in [6, 6.07) is 18.0. The highest BCUT2D eigenvalue weighted by Gasteiger charge is 2.44. The summed E-state index contributed by atoms with van der Waals surface area (Å²) in [5, 5.41) is 0. The summed E-state index contributed by atoms with van der Waals surface area (Å²) in [7, 11) is 0. The van der Waals surface area contributed by atoms with E-state index in [1.165, 1.54) is 0 Å². The van der Waals surface area contributed by atoms with Crippen molar-refractivity contribution in [2.24, 2.45) is 0 Å². The van der Waals surface area contributed by atoms with Crippen LogP contribution in [0.3, 0.4) is 0 Å². The molecule has 3 nitrogen and oxygen atoms in total. The van der Waals surface area contributed by atoms with Gasteiger partial charge in [0.1, 0.15) is 6.10 Å². The predicted molar refractivity (Wildman–Crippen MR) is 75.8 cm³/mol. The number of carbonyl (C=O) groups excluding carboxylic acids is 1. The number of epoxide rings is 1. The van der Waals surface area contributed by atoms with Crippen LogP contribution in [0.15, 0.2) is 67.3 Å². The molecule has 1 aliphatic heterocycles. The van der Waals surface area contributed by atoms with Crippen molar-refractivity contribution < 1.29 is 14.3 Å². The molecule has 0 saturated carbocycles. The van der Waals surface area contributed by atoms with E-state index >= 15 is 0 Å². The summed E-state index contributed by atoms with van der Waals surface area (Å²) in [5.41, 5.74) is 3.24. The van der Waals surface area contributed by atoms with E-state index in [1.807, 2.05) is 54.6 Å². The van der Waals surface area contributed by atoms with Crippen molar-refractivity contribution in [3.8, 4) is 11.1 Å². The average Bonchev–Trinajstić information content (AvgIpc) is 3.27. The number of ether oxygens (including phenoxy) is 2. The molecular formula is C17H14O3. The van der Waals surface area contributed by atoms with Gasteiger partial charge in [-0.2, -0.15) is 0 Å². The van der Waals surface area contributed by atoms with Crippen LogP contribution in [0.2, 0.25) is 0 Å². The van der Waals surface area contributed by atoms with E-state index in [0.717, 1.165) is 22.8 Å². The van der Waals surface area contributed by atoms with E-state index in [1.54, 1.807) is 0 Å². The Balaban J connectivity index is 1.86. The highest BCUT2D eigenvalue weighted by molar-refractivity contribution is 5.81. The third-order valence-electron chi connectivity index (χ3n) is 3.20. The molecule has 1 saturated heterocycles. The van der Waals surface area contributed by atoms with Gasteiger partial charge < -0.3 is 9.47 Å². The first kappa shape index (κ1) is 12.6. The Labute approximate surface area is 117 Å². The fraction of sp³-hybridized carbons (Fsp3) is 0.118. The standard InChI is InChI=1S/C17H14O3/c1-2-15(18)19-17-16(20-17)14-11-7-6-10-13(14)12-8-4-3-5-9-12/h2-11,16-17H,1H2. The van der Waals surface area contributed by atoms with Gasteiger partial charge >= 0.3 is 5.97 Å². The van der Waals surface area contributed by atoms with E-state index < -0.39 is 12.3 Å². The summed E-state index contributed by atoms with van der Waals surface area (Å²) >= 11 is 0. The van der Waals surface area contributed by atoms with Gasteiger partial charge in [-0.25, -0.2) is 4.79 Å². The first-order valence-electron chi connectivity index (χ1n) is 6.42. The Bertz CT molecular complexity index is 634. The molecule has 2 aromatic carbocycles. The largest absolute Gasteiger partial charge is 0.429 e. The van der Waals surface area contributed by atoms with Crippen LogP contribution in [0.1, 0.15) is 11.7 Å². The normalized spacial score (nSPS) is 20.2. The molecule has 0 bridgehead atoms. The van der Waals surface area contributed by atoms with Gasteiger partial charge in [-0.1, -0.05) is 61.2 Å². The fourth-order valence-corrected chi connectivity index (χ4v) is 2.20. The maximum absolute atomic E-state index is 11.2. The zero-order chi connectivity index (χ0) is 13.9. The summed E-state index contributed by atoms with van der Waals surface area (Å²) in [6.45, 7) is 3.37. The lowest BCUT2D eigenvalue weighted by molar-refractivity contribution is -0.142. The minimum absolute atomic E-state index is 0.199. The van der Waals surface area contributed by atoms with E-state index in [-0.39, 0.29) is 6.10 Å². The minimum atomic E-state index is -0.509. The SMILES string of the molecule is C=CC(=O)OC1OC1c1ccccc1-c1ccccc1. The predicted octanol–water partition coefficient (Wildman–Crippen LogP) is 3.48. The molecule has 2 atom stereocenters. The van der Waals surface area contributed by atoms with Gasteiger partial charge in [0.25, 0.3) is 0 Å².